The quantitative estimate of drug-likeness (QED) is 0.443. The van der Waals surface area contributed by atoms with Gasteiger partial charge in [-0.15, -0.1) is 0 Å². The Morgan fingerprint density at radius 1 is 1.21 bits per heavy atom. The van der Waals surface area contributed by atoms with Gasteiger partial charge in [0.1, 0.15) is 18.3 Å². The van der Waals surface area contributed by atoms with Crippen LogP contribution in [0.25, 0.3) is 10.9 Å². The van der Waals surface area contributed by atoms with Crippen molar-refractivity contribution in [2.45, 2.75) is 50.6 Å². The molecule has 4 N–H and O–H groups in total. The summed E-state index contributed by atoms with van der Waals surface area (Å²) >= 11 is 0. The van der Waals surface area contributed by atoms with E-state index in [1.165, 1.54) is 6.08 Å². The second-order valence-electron chi connectivity index (χ2n) is 8.92. The van der Waals surface area contributed by atoms with Gasteiger partial charge in [0.25, 0.3) is 5.91 Å². The lowest BCUT2D eigenvalue weighted by molar-refractivity contribution is -0.127. The molecule has 1 aromatic heterocycles. The van der Waals surface area contributed by atoms with Crippen molar-refractivity contribution in [1.29, 1.82) is 5.26 Å². The Kier molecular flexibility index (Phi) is 7.16. The van der Waals surface area contributed by atoms with Crippen LogP contribution >= 0.6 is 0 Å². The number of nitrogens with one attached hydrogen (secondary N) is 4. The van der Waals surface area contributed by atoms with Gasteiger partial charge in [0.15, 0.2) is 0 Å². The van der Waals surface area contributed by atoms with Crippen molar-refractivity contribution in [2.75, 3.05) is 11.9 Å². The molecule has 34 heavy (non-hydrogen) atoms. The Morgan fingerprint density at radius 3 is 2.74 bits per heavy atom. The minimum absolute atomic E-state index is 0.110. The first-order chi connectivity index (χ1) is 16.5. The van der Waals surface area contributed by atoms with Crippen LogP contribution in [-0.2, 0) is 9.53 Å². The van der Waals surface area contributed by atoms with Crippen LogP contribution in [0.15, 0.2) is 36.9 Å². The summed E-state index contributed by atoms with van der Waals surface area (Å²) in [4.78, 5) is 40.7. The molecular formula is C25H29N5O4. The summed E-state index contributed by atoms with van der Waals surface area (Å²) in [5, 5.41) is 18.7. The molecule has 9 heteroatoms. The summed E-state index contributed by atoms with van der Waals surface area (Å²) < 4.78 is 4.92. The number of aromatic amines is 1. The number of ether oxygens (including phenoxy) is 1. The predicted molar refractivity (Wildman–Crippen MR) is 127 cm³/mol. The highest BCUT2D eigenvalue weighted by atomic mass is 16.5. The number of carbonyl (C=O) groups excluding carboxylic acids is 3. The Balaban J connectivity index is 1.41. The van der Waals surface area contributed by atoms with E-state index in [0.29, 0.717) is 29.7 Å². The summed E-state index contributed by atoms with van der Waals surface area (Å²) in [7, 11) is 0. The maximum Gasteiger partial charge on any atom is 0.411 e. The molecule has 2 aromatic rings. The molecule has 2 aliphatic rings. The number of rotatable bonds is 8. The van der Waals surface area contributed by atoms with Gasteiger partial charge in [-0.25, -0.2) is 4.79 Å². The second-order valence-corrected chi connectivity index (χ2v) is 8.92. The lowest BCUT2D eigenvalue weighted by atomic mass is 9.83. The number of amides is 3. The third-order valence-electron chi connectivity index (χ3n) is 6.40. The minimum Gasteiger partial charge on any atom is -0.445 e. The van der Waals surface area contributed by atoms with Crippen molar-refractivity contribution in [1.82, 2.24) is 15.6 Å². The zero-order valence-electron chi connectivity index (χ0n) is 18.9. The molecular weight excluding hydrogens is 434 g/mol. The van der Waals surface area contributed by atoms with E-state index in [1.807, 2.05) is 0 Å². The summed E-state index contributed by atoms with van der Waals surface area (Å²) in [6, 6.07) is 8.43. The Labute approximate surface area is 197 Å². The van der Waals surface area contributed by atoms with Crippen molar-refractivity contribution in [2.24, 2.45) is 11.8 Å². The van der Waals surface area contributed by atoms with Gasteiger partial charge in [0.05, 0.1) is 12.0 Å². The Bertz CT molecular complexity index is 1130. The van der Waals surface area contributed by atoms with E-state index >= 15 is 0 Å². The molecule has 2 saturated carbocycles. The SMILES string of the molecule is C=CCOC(=O)Nc1ccc2cc(C(=O)NC3CCCCC3C(=O)NC(C#N)C3CC3)[nH]c2c1. The molecule has 0 bridgehead atoms. The topological polar surface area (TPSA) is 136 Å². The number of aromatic nitrogens is 1. The van der Waals surface area contributed by atoms with E-state index in [2.05, 4.69) is 33.6 Å². The summed E-state index contributed by atoms with van der Waals surface area (Å²) in [6.45, 7) is 3.61. The molecule has 1 aromatic carbocycles. The fourth-order valence-electron chi connectivity index (χ4n) is 4.42. The third-order valence-corrected chi connectivity index (χ3v) is 6.40. The molecule has 2 fully saturated rings. The van der Waals surface area contributed by atoms with Crippen LogP contribution in [0.1, 0.15) is 49.0 Å². The first kappa shape index (κ1) is 23.4. The molecule has 178 valence electrons. The van der Waals surface area contributed by atoms with Gasteiger partial charge in [0.2, 0.25) is 5.91 Å². The van der Waals surface area contributed by atoms with Gasteiger partial charge in [0, 0.05) is 22.6 Å². The molecule has 3 atom stereocenters. The van der Waals surface area contributed by atoms with Crippen LogP contribution in [0.3, 0.4) is 0 Å². The predicted octanol–water partition coefficient (Wildman–Crippen LogP) is 3.61. The number of anilines is 1. The van der Waals surface area contributed by atoms with E-state index in [4.69, 9.17) is 4.74 Å². The molecule has 4 rings (SSSR count). The minimum atomic E-state index is -0.592. The Morgan fingerprint density at radius 2 is 2.00 bits per heavy atom. The highest BCUT2D eigenvalue weighted by molar-refractivity contribution is 5.99. The van der Waals surface area contributed by atoms with E-state index in [0.717, 1.165) is 31.1 Å². The fourth-order valence-corrected chi connectivity index (χ4v) is 4.42. The van der Waals surface area contributed by atoms with E-state index in [1.54, 1.807) is 24.3 Å². The van der Waals surface area contributed by atoms with Crippen LogP contribution in [0.4, 0.5) is 10.5 Å². The third kappa shape index (κ3) is 5.57. The van der Waals surface area contributed by atoms with Crippen molar-refractivity contribution in [3.8, 4) is 6.07 Å². The number of benzene rings is 1. The highest BCUT2D eigenvalue weighted by Crippen LogP contribution is 2.33. The van der Waals surface area contributed by atoms with Crippen LogP contribution in [0, 0.1) is 23.2 Å². The molecule has 1 heterocycles. The van der Waals surface area contributed by atoms with Crippen molar-refractivity contribution < 1.29 is 19.1 Å². The first-order valence-corrected chi connectivity index (χ1v) is 11.7. The number of hydrogen-bond donors (Lipinski definition) is 4. The van der Waals surface area contributed by atoms with Crippen LogP contribution in [0.5, 0.6) is 0 Å². The summed E-state index contributed by atoms with van der Waals surface area (Å²) in [5.41, 5.74) is 1.59. The molecule has 9 nitrogen and oxygen atoms in total. The van der Waals surface area contributed by atoms with Gasteiger partial charge in [-0.05, 0) is 49.8 Å². The van der Waals surface area contributed by atoms with Crippen molar-refractivity contribution >= 4 is 34.5 Å². The Hall–Kier alpha value is -3.80. The smallest absolute Gasteiger partial charge is 0.411 e. The number of fused-ring (bicyclic) bond motifs is 1. The van der Waals surface area contributed by atoms with Gasteiger partial charge in [-0.1, -0.05) is 31.6 Å². The van der Waals surface area contributed by atoms with Crippen molar-refractivity contribution in [3.05, 3.63) is 42.6 Å². The van der Waals surface area contributed by atoms with E-state index in [9.17, 15) is 19.6 Å². The largest absolute Gasteiger partial charge is 0.445 e. The molecule has 3 amide bonds. The van der Waals surface area contributed by atoms with E-state index < -0.39 is 12.1 Å². The number of carbonyl (C=O) groups is 3. The van der Waals surface area contributed by atoms with Gasteiger partial charge in [-0.3, -0.25) is 14.9 Å². The number of H-pyrrole nitrogens is 1. The average Bonchev–Trinajstić information content (AvgIpc) is 3.59. The van der Waals surface area contributed by atoms with Crippen molar-refractivity contribution in [3.63, 3.8) is 0 Å². The fraction of sp³-hybridized carbons (Fsp3) is 0.440. The molecule has 0 radical (unpaired) electrons. The highest BCUT2D eigenvalue weighted by Gasteiger charge is 2.37. The lowest BCUT2D eigenvalue weighted by Gasteiger charge is -2.31. The number of hydrogen-bond acceptors (Lipinski definition) is 5. The van der Waals surface area contributed by atoms with Crippen LogP contribution in [-0.4, -0.2) is 41.6 Å². The van der Waals surface area contributed by atoms with Gasteiger partial charge in [-0.2, -0.15) is 5.26 Å². The first-order valence-electron chi connectivity index (χ1n) is 11.7. The zero-order valence-corrected chi connectivity index (χ0v) is 18.9. The normalized spacial score (nSPS) is 20.6. The molecule has 0 aliphatic heterocycles. The molecule has 3 unspecified atom stereocenters. The molecule has 0 saturated heterocycles. The van der Waals surface area contributed by atoms with Gasteiger partial charge >= 0.3 is 6.09 Å². The molecule has 0 spiro atoms. The lowest BCUT2D eigenvalue weighted by Crippen LogP contribution is -2.50. The van der Waals surface area contributed by atoms with Crippen LogP contribution in [0.2, 0.25) is 0 Å². The standard InChI is InChI=1S/C25H29N5O4/c1-2-11-34-25(33)27-17-10-9-16-12-21(28-20(16)13-17)24(32)29-19-6-4-3-5-18(19)23(31)30-22(14-26)15-7-8-15/h2,9-10,12-13,15,18-19,22,28H,1,3-8,11H2,(H,27,33)(H,29,32)(H,30,31). The molecule has 2 aliphatic carbocycles. The average molecular weight is 464 g/mol. The number of nitriles is 1. The zero-order chi connectivity index (χ0) is 24.1. The van der Waals surface area contributed by atoms with Crippen LogP contribution < -0.4 is 16.0 Å². The number of nitrogens with zero attached hydrogens (tertiary/aromatic N) is 1. The second kappa shape index (κ2) is 10.4. The monoisotopic (exact) mass is 463 g/mol. The summed E-state index contributed by atoms with van der Waals surface area (Å²) in [5.74, 6) is -0.548. The maximum absolute atomic E-state index is 13.0. The summed E-state index contributed by atoms with van der Waals surface area (Å²) in [6.07, 6.45) is 6.08. The van der Waals surface area contributed by atoms with E-state index in [-0.39, 0.29) is 36.3 Å². The maximum atomic E-state index is 13.0. The van der Waals surface area contributed by atoms with Gasteiger partial charge < -0.3 is 20.4 Å².